The highest BCUT2D eigenvalue weighted by atomic mass is 16.5. The molecule has 11 heavy (non-hydrogen) atoms. The zero-order chi connectivity index (χ0) is 7.90. The summed E-state index contributed by atoms with van der Waals surface area (Å²) in [6.07, 6.45) is 3.56. The zero-order valence-corrected chi connectivity index (χ0v) is 6.72. The fraction of sp³-hybridized carbons (Fsp3) is 0.875. The average molecular weight is 155 g/mol. The van der Waals surface area contributed by atoms with Gasteiger partial charge in [0.25, 0.3) is 0 Å². The Kier molecular flexibility index (Phi) is 1.42. The number of nitrogens with one attached hydrogen (secondary N) is 1. The smallest absolute Gasteiger partial charge is 0.322 e. The molecule has 0 aromatic heterocycles. The van der Waals surface area contributed by atoms with Crippen LogP contribution in [0, 0.1) is 5.41 Å². The summed E-state index contributed by atoms with van der Waals surface area (Å²) in [6, 6.07) is -0.0255. The van der Waals surface area contributed by atoms with Gasteiger partial charge in [0.1, 0.15) is 6.04 Å². The SMILES string of the molecule is COC(=O)[C@@H]1CC2(CC2)CN1. The monoisotopic (exact) mass is 155 g/mol. The lowest BCUT2D eigenvalue weighted by Gasteiger charge is -2.05. The predicted octanol–water partition coefficient (Wildman–Crippen LogP) is 0.301. The molecule has 1 saturated heterocycles. The molecular formula is C8H13NO2. The highest BCUT2D eigenvalue weighted by Gasteiger charge is 2.50. The Hall–Kier alpha value is -0.570. The maximum Gasteiger partial charge on any atom is 0.322 e. The first-order valence-electron chi connectivity index (χ1n) is 4.07. The van der Waals surface area contributed by atoms with Gasteiger partial charge in [-0.25, -0.2) is 0 Å². The van der Waals surface area contributed by atoms with E-state index in [2.05, 4.69) is 10.1 Å². The van der Waals surface area contributed by atoms with Crippen LogP contribution in [0.3, 0.4) is 0 Å². The van der Waals surface area contributed by atoms with E-state index in [1.54, 1.807) is 0 Å². The third-order valence-electron chi connectivity index (χ3n) is 2.80. The molecule has 62 valence electrons. The van der Waals surface area contributed by atoms with E-state index in [-0.39, 0.29) is 12.0 Å². The third-order valence-corrected chi connectivity index (χ3v) is 2.80. The lowest BCUT2D eigenvalue weighted by atomic mass is 10.0. The van der Waals surface area contributed by atoms with Crippen molar-refractivity contribution in [3.8, 4) is 0 Å². The van der Waals surface area contributed by atoms with Crippen LogP contribution in [0.25, 0.3) is 0 Å². The van der Waals surface area contributed by atoms with Crippen LogP contribution in [-0.4, -0.2) is 25.7 Å². The second-order valence-corrected chi connectivity index (χ2v) is 3.66. The number of hydrogen-bond acceptors (Lipinski definition) is 3. The van der Waals surface area contributed by atoms with Gasteiger partial charge >= 0.3 is 5.97 Å². The average Bonchev–Trinajstić information content (AvgIpc) is 2.61. The van der Waals surface area contributed by atoms with Gasteiger partial charge in [-0.2, -0.15) is 0 Å². The summed E-state index contributed by atoms with van der Waals surface area (Å²) >= 11 is 0. The lowest BCUT2D eigenvalue weighted by molar-refractivity contribution is -0.142. The second kappa shape index (κ2) is 2.21. The fourth-order valence-electron chi connectivity index (χ4n) is 1.78. The van der Waals surface area contributed by atoms with Gasteiger partial charge in [-0.15, -0.1) is 0 Å². The predicted molar refractivity (Wildman–Crippen MR) is 40.1 cm³/mol. The molecule has 0 unspecified atom stereocenters. The van der Waals surface area contributed by atoms with E-state index < -0.39 is 0 Å². The molecule has 3 nitrogen and oxygen atoms in total. The van der Waals surface area contributed by atoms with Crippen molar-refractivity contribution in [1.82, 2.24) is 5.32 Å². The molecule has 1 aliphatic carbocycles. The first-order chi connectivity index (χ1) is 5.26. The number of ether oxygens (including phenoxy) is 1. The topological polar surface area (TPSA) is 38.3 Å². The van der Waals surface area contributed by atoms with Gasteiger partial charge in [0.15, 0.2) is 0 Å². The van der Waals surface area contributed by atoms with Crippen LogP contribution in [0.5, 0.6) is 0 Å². The molecular weight excluding hydrogens is 142 g/mol. The van der Waals surface area contributed by atoms with Crippen molar-refractivity contribution in [3.05, 3.63) is 0 Å². The van der Waals surface area contributed by atoms with Crippen LogP contribution in [0.1, 0.15) is 19.3 Å². The number of carbonyl (C=O) groups excluding carboxylic acids is 1. The van der Waals surface area contributed by atoms with E-state index in [1.165, 1.54) is 20.0 Å². The molecule has 0 aromatic carbocycles. The first-order valence-corrected chi connectivity index (χ1v) is 4.07. The van der Waals surface area contributed by atoms with Crippen molar-refractivity contribution in [3.63, 3.8) is 0 Å². The summed E-state index contributed by atoms with van der Waals surface area (Å²) in [4.78, 5) is 11.0. The maximum absolute atomic E-state index is 11.0. The van der Waals surface area contributed by atoms with Crippen molar-refractivity contribution in [1.29, 1.82) is 0 Å². The molecule has 2 rings (SSSR count). The van der Waals surface area contributed by atoms with Crippen LogP contribution >= 0.6 is 0 Å². The Bertz CT molecular complexity index is 187. The van der Waals surface area contributed by atoms with E-state index in [9.17, 15) is 4.79 Å². The minimum atomic E-state index is -0.103. The van der Waals surface area contributed by atoms with Crippen molar-refractivity contribution in [2.75, 3.05) is 13.7 Å². The summed E-state index contributed by atoms with van der Waals surface area (Å²) in [7, 11) is 1.45. The molecule has 1 heterocycles. The summed E-state index contributed by atoms with van der Waals surface area (Å²) in [6.45, 7) is 1.01. The van der Waals surface area contributed by atoms with Crippen molar-refractivity contribution >= 4 is 5.97 Å². The van der Waals surface area contributed by atoms with Crippen molar-refractivity contribution in [2.24, 2.45) is 5.41 Å². The molecule has 1 atom stereocenters. The number of hydrogen-bond donors (Lipinski definition) is 1. The second-order valence-electron chi connectivity index (χ2n) is 3.66. The molecule has 1 saturated carbocycles. The summed E-state index contributed by atoms with van der Waals surface area (Å²) < 4.78 is 4.65. The van der Waals surface area contributed by atoms with Gasteiger partial charge < -0.3 is 10.1 Å². The third kappa shape index (κ3) is 1.13. The standard InChI is InChI=1S/C8H13NO2/c1-11-7(10)6-4-8(2-3-8)5-9-6/h6,9H,2-5H2,1H3/t6-/m0/s1. The van der Waals surface area contributed by atoms with Gasteiger partial charge in [0, 0.05) is 6.54 Å². The van der Waals surface area contributed by atoms with Crippen LogP contribution < -0.4 is 5.32 Å². The molecule has 1 aliphatic heterocycles. The van der Waals surface area contributed by atoms with Gasteiger partial charge in [-0.05, 0) is 24.7 Å². The maximum atomic E-state index is 11.0. The Morgan fingerprint density at radius 1 is 1.64 bits per heavy atom. The van der Waals surface area contributed by atoms with Gasteiger partial charge in [-0.3, -0.25) is 4.79 Å². The zero-order valence-electron chi connectivity index (χ0n) is 6.72. The number of esters is 1. The highest BCUT2D eigenvalue weighted by Crippen LogP contribution is 2.51. The van der Waals surface area contributed by atoms with E-state index >= 15 is 0 Å². The number of rotatable bonds is 1. The van der Waals surface area contributed by atoms with E-state index in [4.69, 9.17) is 0 Å². The minimum absolute atomic E-state index is 0.0255. The van der Waals surface area contributed by atoms with Gasteiger partial charge in [0.2, 0.25) is 0 Å². The minimum Gasteiger partial charge on any atom is -0.468 e. The first kappa shape index (κ1) is 7.10. The molecule has 0 aromatic rings. The molecule has 3 heteroatoms. The molecule has 0 amide bonds. The van der Waals surface area contributed by atoms with Crippen molar-refractivity contribution in [2.45, 2.75) is 25.3 Å². The largest absolute Gasteiger partial charge is 0.468 e. The highest BCUT2D eigenvalue weighted by molar-refractivity contribution is 5.76. The Labute approximate surface area is 66.1 Å². The number of methoxy groups -OCH3 is 1. The molecule has 1 N–H and O–H groups in total. The van der Waals surface area contributed by atoms with Crippen LogP contribution in [-0.2, 0) is 9.53 Å². The van der Waals surface area contributed by atoms with Crippen LogP contribution in [0.15, 0.2) is 0 Å². The summed E-state index contributed by atoms with van der Waals surface area (Å²) in [5, 5.41) is 3.19. The quantitative estimate of drug-likeness (QED) is 0.553. The van der Waals surface area contributed by atoms with Gasteiger partial charge in [0.05, 0.1) is 7.11 Å². The molecule has 0 bridgehead atoms. The van der Waals surface area contributed by atoms with E-state index in [0.717, 1.165) is 13.0 Å². The van der Waals surface area contributed by atoms with Crippen LogP contribution in [0.2, 0.25) is 0 Å². The fourth-order valence-corrected chi connectivity index (χ4v) is 1.78. The van der Waals surface area contributed by atoms with Crippen molar-refractivity contribution < 1.29 is 9.53 Å². The van der Waals surface area contributed by atoms with Crippen LogP contribution in [0.4, 0.5) is 0 Å². The Morgan fingerprint density at radius 2 is 2.36 bits per heavy atom. The molecule has 0 radical (unpaired) electrons. The lowest BCUT2D eigenvalue weighted by Crippen LogP contribution is -2.31. The Balaban J connectivity index is 1.94. The van der Waals surface area contributed by atoms with Gasteiger partial charge in [-0.1, -0.05) is 0 Å². The molecule has 2 aliphatic rings. The normalized spacial score (nSPS) is 32.3. The summed E-state index contributed by atoms with van der Waals surface area (Å²) in [5.74, 6) is -0.103. The molecule has 1 spiro atoms. The number of carbonyl (C=O) groups is 1. The Morgan fingerprint density at radius 3 is 2.82 bits per heavy atom. The van der Waals surface area contributed by atoms with E-state index in [1.807, 2.05) is 0 Å². The summed E-state index contributed by atoms with van der Waals surface area (Å²) in [5.41, 5.74) is 0.485. The van der Waals surface area contributed by atoms with E-state index in [0.29, 0.717) is 5.41 Å². The molecule has 2 fully saturated rings.